The standard InChI is InChI=1S/C29H39FN2O2/c1-20(2)22-11-13-24(14-12-22)28(34)32(19-21-9-7-6-8-10-21)26(27(33)31-29(3,4)5)23-15-17-25(30)18-16-23/h6-10,15-18,20,22,24,26H,11-14,19H2,1-5H3,(H,31,33). The monoisotopic (exact) mass is 466 g/mol. The summed E-state index contributed by atoms with van der Waals surface area (Å²) in [4.78, 5) is 29.3. The van der Waals surface area contributed by atoms with Crippen LogP contribution in [0.2, 0.25) is 0 Å². The Bertz CT molecular complexity index is 942. The van der Waals surface area contributed by atoms with Gasteiger partial charge in [-0.2, -0.15) is 0 Å². The first kappa shape index (κ1) is 25.9. The van der Waals surface area contributed by atoms with Crippen molar-refractivity contribution < 1.29 is 14.0 Å². The Morgan fingerprint density at radius 2 is 1.56 bits per heavy atom. The highest BCUT2D eigenvalue weighted by Crippen LogP contribution is 2.36. The molecule has 3 rings (SSSR count). The minimum Gasteiger partial charge on any atom is -0.349 e. The molecule has 1 saturated carbocycles. The van der Waals surface area contributed by atoms with E-state index in [-0.39, 0.29) is 23.5 Å². The average molecular weight is 467 g/mol. The molecule has 2 aromatic rings. The summed E-state index contributed by atoms with van der Waals surface area (Å²) in [5.41, 5.74) is 1.11. The molecule has 0 bridgehead atoms. The quantitative estimate of drug-likeness (QED) is 0.523. The molecule has 2 amide bonds. The van der Waals surface area contributed by atoms with Crippen molar-refractivity contribution in [3.63, 3.8) is 0 Å². The van der Waals surface area contributed by atoms with Gasteiger partial charge in [-0.05, 0) is 81.5 Å². The van der Waals surface area contributed by atoms with Gasteiger partial charge in [0, 0.05) is 18.0 Å². The minimum absolute atomic E-state index is 0.00411. The van der Waals surface area contributed by atoms with E-state index in [0.29, 0.717) is 23.9 Å². The van der Waals surface area contributed by atoms with E-state index >= 15 is 0 Å². The predicted molar refractivity (Wildman–Crippen MR) is 134 cm³/mol. The summed E-state index contributed by atoms with van der Waals surface area (Å²) < 4.78 is 13.7. The van der Waals surface area contributed by atoms with Gasteiger partial charge in [0.2, 0.25) is 11.8 Å². The predicted octanol–water partition coefficient (Wildman–Crippen LogP) is 6.27. The SMILES string of the molecule is CC(C)C1CCC(C(=O)N(Cc2ccccc2)C(C(=O)NC(C)(C)C)c2ccc(F)cc2)CC1. The van der Waals surface area contributed by atoms with E-state index in [0.717, 1.165) is 31.2 Å². The van der Waals surface area contributed by atoms with Crippen LogP contribution < -0.4 is 5.32 Å². The molecule has 0 spiro atoms. The van der Waals surface area contributed by atoms with Crippen molar-refractivity contribution >= 4 is 11.8 Å². The number of amides is 2. The molecular weight excluding hydrogens is 427 g/mol. The number of nitrogens with zero attached hydrogens (tertiary/aromatic N) is 1. The van der Waals surface area contributed by atoms with Gasteiger partial charge in [0.25, 0.3) is 0 Å². The first-order chi connectivity index (χ1) is 16.0. The van der Waals surface area contributed by atoms with Crippen LogP contribution in [0.5, 0.6) is 0 Å². The van der Waals surface area contributed by atoms with Gasteiger partial charge < -0.3 is 10.2 Å². The molecule has 1 aliphatic rings. The molecule has 184 valence electrons. The second-order valence-electron chi connectivity index (χ2n) is 11.0. The zero-order valence-electron chi connectivity index (χ0n) is 21.2. The van der Waals surface area contributed by atoms with E-state index in [1.807, 2.05) is 51.1 Å². The van der Waals surface area contributed by atoms with Gasteiger partial charge in [-0.1, -0.05) is 56.3 Å². The molecule has 1 N–H and O–H groups in total. The Hall–Kier alpha value is -2.69. The van der Waals surface area contributed by atoms with Crippen molar-refractivity contribution in [2.75, 3.05) is 0 Å². The Labute approximate surface area is 203 Å². The zero-order valence-corrected chi connectivity index (χ0v) is 21.2. The number of carbonyl (C=O) groups is 2. The van der Waals surface area contributed by atoms with Crippen LogP contribution in [0.25, 0.3) is 0 Å². The van der Waals surface area contributed by atoms with Crippen LogP contribution in [0.15, 0.2) is 54.6 Å². The summed E-state index contributed by atoms with van der Waals surface area (Å²) >= 11 is 0. The van der Waals surface area contributed by atoms with Gasteiger partial charge in [0.1, 0.15) is 11.9 Å². The third-order valence-electron chi connectivity index (χ3n) is 6.79. The van der Waals surface area contributed by atoms with Gasteiger partial charge in [-0.15, -0.1) is 0 Å². The topological polar surface area (TPSA) is 49.4 Å². The van der Waals surface area contributed by atoms with Gasteiger partial charge in [-0.25, -0.2) is 4.39 Å². The van der Waals surface area contributed by atoms with E-state index in [1.54, 1.807) is 17.0 Å². The first-order valence-corrected chi connectivity index (χ1v) is 12.5. The van der Waals surface area contributed by atoms with Crippen LogP contribution in [0.4, 0.5) is 4.39 Å². The summed E-state index contributed by atoms with van der Waals surface area (Å²) in [6.07, 6.45) is 3.74. The fourth-order valence-corrected chi connectivity index (χ4v) is 4.90. The molecular formula is C29H39FN2O2. The molecule has 2 aromatic carbocycles. The lowest BCUT2D eigenvalue weighted by Crippen LogP contribution is -2.50. The van der Waals surface area contributed by atoms with E-state index < -0.39 is 11.6 Å². The molecule has 0 saturated heterocycles. The maximum atomic E-state index is 14.0. The van der Waals surface area contributed by atoms with Crippen molar-refractivity contribution in [2.24, 2.45) is 17.8 Å². The van der Waals surface area contributed by atoms with Crippen LogP contribution in [0.3, 0.4) is 0 Å². The Balaban J connectivity index is 1.98. The fourth-order valence-electron chi connectivity index (χ4n) is 4.90. The maximum Gasteiger partial charge on any atom is 0.247 e. The van der Waals surface area contributed by atoms with E-state index in [1.165, 1.54) is 12.1 Å². The van der Waals surface area contributed by atoms with Gasteiger partial charge in [0.15, 0.2) is 0 Å². The molecule has 1 atom stereocenters. The van der Waals surface area contributed by atoms with E-state index in [9.17, 15) is 14.0 Å². The molecule has 0 heterocycles. The molecule has 0 radical (unpaired) electrons. The Kier molecular flexibility index (Phi) is 8.51. The number of carbonyl (C=O) groups excluding carboxylic acids is 2. The fraction of sp³-hybridized carbons (Fsp3) is 0.517. The van der Waals surface area contributed by atoms with E-state index in [2.05, 4.69) is 19.2 Å². The molecule has 5 heteroatoms. The van der Waals surface area contributed by atoms with Crippen molar-refractivity contribution in [3.05, 3.63) is 71.5 Å². The van der Waals surface area contributed by atoms with Crippen molar-refractivity contribution in [1.29, 1.82) is 0 Å². The van der Waals surface area contributed by atoms with Gasteiger partial charge in [0.05, 0.1) is 0 Å². The maximum absolute atomic E-state index is 14.0. The second kappa shape index (κ2) is 11.2. The number of hydrogen-bond acceptors (Lipinski definition) is 2. The van der Waals surface area contributed by atoms with E-state index in [4.69, 9.17) is 0 Å². The Morgan fingerprint density at radius 3 is 2.09 bits per heavy atom. The molecule has 1 unspecified atom stereocenters. The lowest BCUT2D eigenvalue weighted by atomic mass is 9.76. The van der Waals surface area contributed by atoms with Crippen LogP contribution in [-0.2, 0) is 16.1 Å². The number of nitrogens with one attached hydrogen (secondary N) is 1. The summed E-state index contributed by atoms with van der Waals surface area (Å²) in [7, 11) is 0. The average Bonchev–Trinajstić information content (AvgIpc) is 2.79. The second-order valence-corrected chi connectivity index (χ2v) is 11.0. The van der Waals surface area contributed by atoms with Crippen molar-refractivity contribution in [1.82, 2.24) is 10.2 Å². The van der Waals surface area contributed by atoms with Gasteiger partial charge >= 0.3 is 0 Å². The lowest BCUT2D eigenvalue weighted by Gasteiger charge is -2.38. The lowest BCUT2D eigenvalue weighted by molar-refractivity contribution is -0.146. The highest BCUT2D eigenvalue weighted by atomic mass is 19.1. The molecule has 0 aliphatic heterocycles. The molecule has 1 fully saturated rings. The summed E-state index contributed by atoms with van der Waals surface area (Å²) in [6.45, 7) is 10.6. The minimum atomic E-state index is -0.838. The molecule has 1 aliphatic carbocycles. The largest absolute Gasteiger partial charge is 0.349 e. The zero-order chi connectivity index (χ0) is 24.9. The van der Waals surface area contributed by atoms with Crippen molar-refractivity contribution in [2.45, 2.75) is 78.4 Å². The third kappa shape index (κ3) is 6.91. The summed E-state index contributed by atoms with van der Waals surface area (Å²) in [6, 6.07) is 14.9. The molecule has 34 heavy (non-hydrogen) atoms. The normalized spacial score (nSPS) is 19.5. The smallest absolute Gasteiger partial charge is 0.247 e. The van der Waals surface area contributed by atoms with Crippen LogP contribution in [0.1, 0.15) is 77.5 Å². The third-order valence-corrected chi connectivity index (χ3v) is 6.79. The number of hydrogen-bond donors (Lipinski definition) is 1. The van der Waals surface area contributed by atoms with Crippen LogP contribution >= 0.6 is 0 Å². The van der Waals surface area contributed by atoms with Crippen molar-refractivity contribution in [3.8, 4) is 0 Å². The van der Waals surface area contributed by atoms with Crippen LogP contribution in [0, 0.1) is 23.6 Å². The highest BCUT2D eigenvalue weighted by Gasteiger charge is 2.37. The first-order valence-electron chi connectivity index (χ1n) is 12.5. The number of rotatable bonds is 7. The highest BCUT2D eigenvalue weighted by molar-refractivity contribution is 5.90. The van der Waals surface area contributed by atoms with Crippen LogP contribution in [-0.4, -0.2) is 22.3 Å². The summed E-state index contributed by atoms with van der Waals surface area (Å²) in [5, 5.41) is 3.05. The molecule has 0 aromatic heterocycles. The van der Waals surface area contributed by atoms with Gasteiger partial charge in [-0.3, -0.25) is 9.59 Å². The number of halogens is 1. The molecule has 4 nitrogen and oxygen atoms in total. The summed E-state index contributed by atoms with van der Waals surface area (Å²) in [5.74, 6) is 0.532. The number of benzene rings is 2. The Morgan fingerprint density at radius 1 is 0.971 bits per heavy atom.